The van der Waals surface area contributed by atoms with Gasteiger partial charge in [-0.05, 0) is 69.2 Å². The van der Waals surface area contributed by atoms with E-state index in [4.69, 9.17) is 9.47 Å². The van der Waals surface area contributed by atoms with E-state index in [1.807, 2.05) is 79.9 Å². The fourth-order valence-corrected chi connectivity index (χ4v) is 7.22. The summed E-state index contributed by atoms with van der Waals surface area (Å²) in [6.07, 6.45) is 1.40. The number of rotatable bonds is 11. The van der Waals surface area contributed by atoms with Crippen LogP contribution in [0.5, 0.6) is 5.75 Å². The smallest absolute Gasteiger partial charge is 0.343 e. The number of hydrogen-bond acceptors (Lipinski definition) is 6. The lowest BCUT2D eigenvalue weighted by Crippen LogP contribution is -2.32. The van der Waals surface area contributed by atoms with Crippen molar-refractivity contribution < 1.29 is 27.5 Å². The number of benzene rings is 4. The third-order valence-corrected chi connectivity index (χ3v) is 9.45. The number of esters is 2. The molecular formula is C35H36N2O6S. The van der Waals surface area contributed by atoms with E-state index < -0.39 is 22.0 Å². The topological polar surface area (TPSA) is 94.9 Å². The largest absolute Gasteiger partial charge is 0.462 e. The maximum absolute atomic E-state index is 13.4. The first-order valence-corrected chi connectivity index (χ1v) is 16.3. The van der Waals surface area contributed by atoms with Gasteiger partial charge in [-0.2, -0.15) is 4.31 Å². The van der Waals surface area contributed by atoms with Crippen molar-refractivity contribution in [2.75, 3.05) is 19.7 Å². The molecule has 8 nitrogen and oxygen atoms in total. The van der Waals surface area contributed by atoms with Crippen LogP contribution < -0.4 is 4.74 Å². The summed E-state index contributed by atoms with van der Waals surface area (Å²) in [5.74, 6) is -0.828. The first-order valence-electron chi connectivity index (χ1n) is 14.8. The second-order valence-corrected chi connectivity index (χ2v) is 12.4. The number of fused-ring (bicyclic) bond motifs is 3. The van der Waals surface area contributed by atoms with Crippen LogP contribution in [0, 0.1) is 6.92 Å². The maximum Gasteiger partial charge on any atom is 0.343 e. The summed E-state index contributed by atoms with van der Waals surface area (Å²) in [6, 6.07) is 24.8. The normalized spacial score (nSPS) is 11.8. The zero-order valence-corrected chi connectivity index (χ0v) is 26.2. The van der Waals surface area contributed by atoms with Crippen LogP contribution in [0.25, 0.3) is 27.4 Å². The molecule has 228 valence electrons. The zero-order chi connectivity index (χ0) is 31.4. The van der Waals surface area contributed by atoms with Crippen LogP contribution >= 0.6 is 0 Å². The number of nitrogens with zero attached hydrogens (tertiary/aromatic N) is 2. The molecule has 5 aromatic rings. The number of carbonyl (C=O) groups is 2. The number of sulfonamides is 1. The summed E-state index contributed by atoms with van der Waals surface area (Å²) >= 11 is 0. The predicted molar refractivity (Wildman–Crippen MR) is 172 cm³/mol. The predicted octanol–water partition coefficient (Wildman–Crippen LogP) is 7.30. The van der Waals surface area contributed by atoms with Gasteiger partial charge in [-0.25, -0.2) is 18.0 Å². The third-order valence-electron chi connectivity index (χ3n) is 7.54. The van der Waals surface area contributed by atoms with E-state index in [-0.39, 0.29) is 22.8 Å². The Morgan fingerprint density at radius 2 is 1.39 bits per heavy atom. The summed E-state index contributed by atoms with van der Waals surface area (Å²) in [7, 11) is -3.69. The van der Waals surface area contributed by atoms with Gasteiger partial charge in [0.05, 0.1) is 28.1 Å². The molecule has 0 aliphatic carbocycles. The molecule has 0 N–H and O–H groups in total. The minimum absolute atomic E-state index is 0.125. The lowest BCUT2D eigenvalue weighted by molar-refractivity contribution is 0.0527. The van der Waals surface area contributed by atoms with Crippen molar-refractivity contribution in [2.24, 2.45) is 0 Å². The average molecular weight is 613 g/mol. The average Bonchev–Trinajstić information content (AvgIpc) is 3.33. The Bertz CT molecular complexity index is 1920. The Hall–Kier alpha value is -4.47. The zero-order valence-electron chi connectivity index (χ0n) is 25.4. The maximum atomic E-state index is 13.4. The monoisotopic (exact) mass is 612 g/mol. The van der Waals surface area contributed by atoms with E-state index in [0.29, 0.717) is 48.0 Å². The van der Waals surface area contributed by atoms with Gasteiger partial charge in [-0.3, -0.25) is 0 Å². The molecule has 44 heavy (non-hydrogen) atoms. The van der Waals surface area contributed by atoms with Gasteiger partial charge in [0.1, 0.15) is 5.75 Å². The van der Waals surface area contributed by atoms with Crippen molar-refractivity contribution in [3.8, 4) is 11.4 Å². The van der Waals surface area contributed by atoms with Gasteiger partial charge in [0.2, 0.25) is 10.0 Å². The molecule has 0 spiro atoms. The SMILES string of the molecule is CCCN(CCC)S(=O)(=O)c1ccc(C(=O)Oc2cc3c(C(=O)OCC)c(C)n(-c4ccccc4)c3c3ccccc23)cc1. The Balaban J connectivity index is 1.59. The lowest BCUT2D eigenvalue weighted by Gasteiger charge is -2.21. The second kappa shape index (κ2) is 13.0. The Morgan fingerprint density at radius 1 is 0.773 bits per heavy atom. The molecule has 9 heteroatoms. The molecule has 0 aliphatic heterocycles. The van der Waals surface area contributed by atoms with Gasteiger partial charge in [0, 0.05) is 40.6 Å². The Kier molecular flexibility index (Phi) is 9.17. The van der Waals surface area contributed by atoms with Crippen molar-refractivity contribution >= 4 is 43.6 Å². The highest BCUT2D eigenvalue weighted by Crippen LogP contribution is 2.40. The molecule has 0 fully saturated rings. The summed E-state index contributed by atoms with van der Waals surface area (Å²) < 4.78 is 41.3. The van der Waals surface area contributed by atoms with Gasteiger partial charge in [-0.15, -0.1) is 0 Å². The minimum Gasteiger partial charge on any atom is -0.462 e. The van der Waals surface area contributed by atoms with Crippen molar-refractivity contribution in [1.82, 2.24) is 8.87 Å². The molecule has 0 aliphatic rings. The van der Waals surface area contributed by atoms with E-state index in [1.165, 1.54) is 28.6 Å². The Labute approximate surface area is 257 Å². The van der Waals surface area contributed by atoms with E-state index >= 15 is 0 Å². The molecule has 0 radical (unpaired) electrons. The van der Waals surface area contributed by atoms with Crippen LogP contribution in [0.4, 0.5) is 0 Å². The minimum atomic E-state index is -3.69. The lowest BCUT2D eigenvalue weighted by atomic mass is 10.0. The molecular weight excluding hydrogens is 576 g/mol. The molecule has 0 unspecified atom stereocenters. The third kappa shape index (κ3) is 5.73. The van der Waals surface area contributed by atoms with Gasteiger partial charge >= 0.3 is 11.9 Å². The molecule has 0 atom stereocenters. The summed E-state index contributed by atoms with van der Waals surface area (Å²) in [5, 5.41) is 2.08. The standard InChI is InChI=1S/C35H36N2O6S/c1-5-21-36(22-6-2)44(40,41)27-19-17-25(18-20-27)34(38)43-31-23-30-32(35(39)42-7-3)24(4)37(26-13-9-8-10-14-26)33(30)29-16-12-11-15-28(29)31/h8-20,23H,5-7,21-22H2,1-4H3. The van der Waals surface area contributed by atoms with Crippen molar-refractivity contribution in [2.45, 2.75) is 45.4 Å². The van der Waals surface area contributed by atoms with E-state index in [0.717, 1.165) is 16.6 Å². The number of para-hydroxylation sites is 1. The first kappa shape index (κ1) is 31.0. The van der Waals surface area contributed by atoms with E-state index in [2.05, 4.69) is 0 Å². The van der Waals surface area contributed by atoms with Crippen LogP contribution in [-0.4, -0.2) is 48.9 Å². The summed E-state index contributed by atoms with van der Waals surface area (Å²) in [5.41, 5.74) is 2.98. The van der Waals surface area contributed by atoms with Crippen LogP contribution in [0.15, 0.2) is 89.8 Å². The van der Waals surface area contributed by atoms with Crippen molar-refractivity contribution in [3.63, 3.8) is 0 Å². The van der Waals surface area contributed by atoms with Crippen LogP contribution in [0.3, 0.4) is 0 Å². The van der Waals surface area contributed by atoms with Gasteiger partial charge in [0.15, 0.2) is 0 Å². The Morgan fingerprint density at radius 3 is 2.00 bits per heavy atom. The van der Waals surface area contributed by atoms with Gasteiger partial charge in [-0.1, -0.05) is 56.3 Å². The molecule has 0 amide bonds. The fraction of sp³-hybridized carbons (Fsp3) is 0.257. The van der Waals surface area contributed by atoms with E-state index in [9.17, 15) is 18.0 Å². The number of aromatic nitrogens is 1. The number of hydrogen-bond donors (Lipinski definition) is 0. The summed E-state index contributed by atoms with van der Waals surface area (Å²) in [4.78, 5) is 26.8. The fourth-order valence-electron chi connectivity index (χ4n) is 5.60. The van der Waals surface area contributed by atoms with Crippen molar-refractivity contribution in [1.29, 1.82) is 0 Å². The second-order valence-electron chi connectivity index (χ2n) is 10.5. The molecule has 1 heterocycles. The molecule has 0 saturated heterocycles. The molecule has 0 saturated carbocycles. The van der Waals surface area contributed by atoms with Crippen LogP contribution in [-0.2, 0) is 14.8 Å². The first-order chi connectivity index (χ1) is 21.2. The van der Waals surface area contributed by atoms with Gasteiger partial charge < -0.3 is 14.0 Å². The number of carbonyl (C=O) groups excluding carboxylic acids is 2. The quantitative estimate of drug-likeness (QED) is 0.115. The highest BCUT2D eigenvalue weighted by atomic mass is 32.2. The summed E-state index contributed by atoms with van der Waals surface area (Å²) in [6.45, 7) is 8.57. The highest BCUT2D eigenvalue weighted by molar-refractivity contribution is 7.89. The number of ether oxygens (including phenoxy) is 2. The molecule has 4 aromatic carbocycles. The highest BCUT2D eigenvalue weighted by Gasteiger charge is 2.27. The van der Waals surface area contributed by atoms with Crippen LogP contribution in [0.2, 0.25) is 0 Å². The van der Waals surface area contributed by atoms with Gasteiger partial charge in [0.25, 0.3) is 0 Å². The molecule has 5 rings (SSSR count). The van der Waals surface area contributed by atoms with E-state index in [1.54, 1.807) is 13.0 Å². The molecule has 1 aromatic heterocycles. The van der Waals surface area contributed by atoms with Crippen molar-refractivity contribution in [3.05, 3.63) is 102 Å². The molecule has 0 bridgehead atoms. The van der Waals surface area contributed by atoms with Crippen LogP contribution in [0.1, 0.15) is 60.0 Å².